The lowest BCUT2D eigenvalue weighted by Crippen LogP contribution is -2.28. The van der Waals surface area contributed by atoms with Gasteiger partial charge in [-0.1, -0.05) is 30.3 Å². The van der Waals surface area contributed by atoms with Gasteiger partial charge in [0.2, 0.25) is 0 Å². The Morgan fingerprint density at radius 1 is 0.941 bits per heavy atom. The molecule has 1 aliphatic rings. The molecule has 7 nitrogen and oxygen atoms in total. The first-order chi connectivity index (χ1) is 16.5. The number of esters is 1. The Bertz CT molecular complexity index is 1190. The van der Waals surface area contributed by atoms with Gasteiger partial charge < -0.3 is 20.1 Å². The number of anilines is 1. The second kappa shape index (κ2) is 10.6. The molecule has 3 aromatic rings. The van der Waals surface area contributed by atoms with Gasteiger partial charge in [-0.2, -0.15) is 0 Å². The summed E-state index contributed by atoms with van der Waals surface area (Å²) in [6, 6.07) is 19.1. The van der Waals surface area contributed by atoms with Crippen LogP contribution < -0.4 is 15.4 Å². The highest BCUT2D eigenvalue weighted by atomic mass is 19.1. The molecule has 0 bridgehead atoms. The number of benzene rings is 3. The number of para-hydroxylation sites is 1. The molecule has 0 unspecified atom stereocenters. The molecule has 4 rings (SSSR count). The Hall–Kier alpha value is -4.20. The van der Waals surface area contributed by atoms with Crippen LogP contribution in [0.25, 0.3) is 0 Å². The number of ether oxygens (including phenoxy) is 2. The van der Waals surface area contributed by atoms with E-state index >= 15 is 0 Å². The summed E-state index contributed by atoms with van der Waals surface area (Å²) in [6.45, 7) is -0.313. The lowest BCUT2D eigenvalue weighted by molar-refractivity contribution is -0.119. The number of hydrogen-bond acceptors (Lipinski definition) is 5. The molecule has 2 N–H and O–H groups in total. The monoisotopic (exact) mass is 462 g/mol. The first-order valence-electron chi connectivity index (χ1n) is 10.8. The fourth-order valence-electron chi connectivity index (χ4n) is 3.14. The fraction of sp³-hybridized carbons (Fsp3) is 0.192. The summed E-state index contributed by atoms with van der Waals surface area (Å²) in [7, 11) is 0. The maximum Gasteiger partial charge on any atom is 0.338 e. The molecule has 0 aliphatic heterocycles. The number of rotatable bonds is 9. The third kappa shape index (κ3) is 6.41. The van der Waals surface area contributed by atoms with Crippen molar-refractivity contribution < 1.29 is 28.2 Å². The Morgan fingerprint density at radius 3 is 2.47 bits per heavy atom. The highest BCUT2D eigenvalue weighted by Crippen LogP contribution is 2.22. The first-order valence-corrected chi connectivity index (χ1v) is 10.8. The Morgan fingerprint density at radius 2 is 1.71 bits per heavy atom. The van der Waals surface area contributed by atoms with Crippen molar-refractivity contribution in [1.82, 2.24) is 5.32 Å². The third-order valence-electron chi connectivity index (χ3n) is 5.08. The lowest BCUT2D eigenvalue weighted by Gasteiger charge is -2.12. The van der Waals surface area contributed by atoms with E-state index in [-0.39, 0.29) is 29.9 Å². The summed E-state index contributed by atoms with van der Waals surface area (Å²) in [5, 5.41) is 5.50. The lowest BCUT2D eigenvalue weighted by atomic mass is 10.1. The number of halogens is 1. The Kier molecular flexibility index (Phi) is 7.17. The molecule has 0 heterocycles. The normalized spacial score (nSPS) is 12.5. The number of carbonyl (C=O) groups is 3. The van der Waals surface area contributed by atoms with Gasteiger partial charge in [0.1, 0.15) is 18.2 Å². The SMILES string of the molecule is O=C(COC(=O)c1cccc(OCc2ccc(F)cc2)c1)Nc1ccccc1C(=O)NC1CC1. The van der Waals surface area contributed by atoms with E-state index in [4.69, 9.17) is 9.47 Å². The van der Waals surface area contributed by atoms with Crippen LogP contribution in [0.15, 0.2) is 72.8 Å². The van der Waals surface area contributed by atoms with Crippen molar-refractivity contribution in [2.75, 3.05) is 11.9 Å². The van der Waals surface area contributed by atoms with E-state index in [1.165, 1.54) is 18.2 Å². The number of carbonyl (C=O) groups excluding carboxylic acids is 3. The molecule has 3 aromatic carbocycles. The summed E-state index contributed by atoms with van der Waals surface area (Å²) in [5.41, 5.74) is 1.68. The molecule has 8 heteroatoms. The third-order valence-corrected chi connectivity index (χ3v) is 5.08. The van der Waals surface area contributed by atoms with E-state index in [9.17, 15) is 18.8 Å². The second-order valence-corrected chi connectivity index (χ2v) is 7.86. The van der Waals surface area contributed by atoms with Crippen LogP contribution in [0.4, 0.5) is 10.1 Å². The highest BCUT2D eigenvalue weighted by Gasteiger charge is 2.25. The van der Waals surface area contributed by atoms with Gasteiger partial charge in [0, 0.05) is 6.04 Å². The van der Waals surface area contributed by atoms with Crippen LogP contribution >= 0.6 is 0 Å². The average molecular weight is 462 g/mol. The van der Waals surface area contributed by atoms with Gasteiger partial charge in [-0.3, -0.25) is 9.59 Å². The predicted octanol–water partition coefficient (Wildman–Crippen LogP) is 4.09. The molecule has 0 saturated heterocycles. The Labute approximate surface area is 195 Å². The first kappa shape index (κ1) is 23.0. The van der Waals surface area contributed by atoms with E-state index in [1.54, 1.807) is 54.6 Å². The van der Waals surface area contributed by atoms with Crippen LogP contribution in [0.1, 0.15) is 39.1 Å². The highest BCUT2D eigenvalue weighted by molar-refractivity contribution is 6.04. The Balaban J connectivity index is 1.30. The van der Waals surface area contributed by atoms with Crippen molar-refractivity contribution in [3.63, 3.8) is 0 Å². The molecule has 174 valence electrons. The van der Waals surface area contributed by atoms with E-state index < -0.39 is 18.5 Å². The van der Waals surface area contributed by atoms with Crippen LogP contribution in [0.3, 0.4) is 0 Å². The van der Waals surface area contributed by atoms with E-state index in [2.05, 4.69) is 10.6 Å². The second-order valence-electron chi connectivity index (χ2n) is 7.86. The zero-order valence-corrected chi connectivity index (χ0v) is 18.3. The predicted molar refractivity (Wildman–Crippen MR) is 123 cm³/mol. The topological polar surface area (TPSA) is 93.7 Å². The van der Waals surface area contributed by atoms with Crippen molar-refractivity contribution in [2.45, 2.75) is 25.5 Å². The van der Waals surface area contributed by atoms with Gasteiger partial charge in [0.05, 0.1) is 16.8 Å². The minimum atomic E-state index is -0.692. The number of hydrogen-bond donors (Lipinski definition) is 2. The van der Waals surface area contributed by atoms with Gasteiger partial charge in [0.25, 0.3) is 11.8 Å². The van der Waals surface area contributed by atoms with Crippen molar-refractivity contribution in [3.8, 4) is 5.75 Å². The standard InChI is InChI=1S/C26H23FN2O5/c27-19-10-8-17(9-11-19)15-33-21-5-3-4-18(14-21)26(32)34-16-24(30)29-23-7-2-1-6-22(23)25(31)28-20-12-13-20/h1-11,14,20H,12-13,15-16H2,(H,28,31)(H,29,30). The molecule has 0 atom stereocenters. The fourth-order valence-corrected chi connectivity index (χ4v) is 3.14. The van der Waals surface area contributed by atoms with Crippen molar-refractivity contribution in [1.29, 1.82) is 0 Å². The average Bonchev–Trinajstić information content (AvgIpc) is 3.66. The van der Waals surface area contributed by atoms with Gasteiger partial charge in [-0.25, -0.2) is 9.18 Å². The summed E-state index contributed by atoms with van der Waals surface area (Å²) in [5.74, 6) is -1.42. The van der Waals surface area contributed by atoms with Crippen molar-refractivity contribution in [2.24, 2.45) is 0 Å². The smallest absolute Gasteiger partial charge is 0.338 e. The van der Waals surface area contributed by atoms with Crippen LogP contribution in [-0.4, -0.2) is 30.4 Å². The van der Waals surface area contributed by atoms with Gasteiger partial charge in [-0.15, -0.1) is 0 Å². The molecule has 1 fully saturated rings. The summed E-state index contributed by atoms with van der Waals surface area (Å²) < 4.78 is 23.8. The molecular formula is C26H23FN2O5. The zero-order chi connectivity index (χ0) is 23.9. The molecule has 0 radical (unpaired) electrons. The molecular weight excluding hydrogens is 439 g/mol. The molecule has 34 heavy (non-hydrogen) atoms. The van der Waals surface area contributed by atoms with E-state index in [1.807, 2.05) is 0 Å². The van der Waals surface area contributed by atoms with Crippen LogP contribution in [0.5, 0.6) is 5.75 Å². The number of amides is 2. The van der Waals surface area contributed by atoms with Crippen LogP contribution in [-0.2, 0) is 16.1 Å². The molecule has 0 spiro atoms. The molecule has 1 saturated carbocycles. The minimum Gasteiger partial charge on any atom is -0.489 e. The zero-order valence-electron chi connectivity index (χ0n) is 18.3. The van der Waals surface area contributed by atoms with E-state index in [0.717, 1.165) is 18.4 Å². The van der Waals surface area contributed by atoms with Gasteiger partial charge in [0.15, 0.2) is 6.61 Å². The van der Waals surface area contributed by atoms with Crippen LogP contribution in [0.2, 0.25) is 0 Å². The largest absolute Gasteiger partial charge is 0.489 e. The summed E-state index contributed by atoms with van der Waals surface area (Å²) in [4.78, 5) is 37.1. The van der Waals surface area contributed by atoms with Crippen LogP contribution in [0, 0.1) is 5.82 Å². The molecule has 1 aliphatic carbocycles. The quantitative estimate of drug-likeness (QED) is 0.467. The maximum atomic E-state index is 13.0. The number of nitrogens with one attached hydrogen (secondary N) is 2. The summed E-state index contributed by atoms with van der Waals surface area (Å²) >= 11 is 0. The maximum absolute atomic E-state index is 13.0. The van der Waals surface area contributed by atoms with E-state index in [0.29, 0.717) is 17.0 Å². The van der Waals surface area contributed by atoms with Crippen molar-refractivity contribution >= 4 is 23.5 Å². The minimum absolute atomic E-state index is 0.188. The molecule has 2 amide bonds. The van der Waals surface area contributed by atoms with Gasteiger partial charge in [-0.05, 0) is 60.9 Å². The summed E-state index contributed by atoms with van der Waals surface area (Å²) in [6.07, 6.45) is 1.91. The van der Waals surface area contributed by atoms with Gasteiger partial charge >= 0.3 is 5.97 Å². The molecule has 0 aromatic heterocycles. The van der Waals surface area contributed by atoms with Crippen molar-refractivity contribution in [3.05, 3.63) is 95.3 Å².